The topological polar surface area (TPSA) is 100 Å². The number of fused-ring (bicyclic) bond motifs is 1. The first-order valence-electron chi connectivity index (χ1n) is 11.4. The molecule has 8 nitrogen and oxygen atoms in total. The van der Waals surface area contributed by atoms with Gasteiger partial charge in [0.1, 0.15) is 17.6 Å². The van der Waals surface area contributed by atoms with Crippen LogP contribution in [0.2, 0.25) is 0 Å². The van der Waals surface area contributed by atoms with E-state index >= 15 is 0 Å². The Morgan fingerprint density at radius 1 is 1.27 bits per heavy atom. The van der Waals surface area contributed by atoms with Gasteiger partial charge in [-0.1, -0.05) is 44.2 Å². The molecule has 1 N–H and O–H groups in total. The van der Waals surface area contributed by atoms with Gasteiger partial charge < -0.3 is 9.84 Å². The van der Waals surface area contributed by atoms with Crippen LogP contribution in [0.3, 0.4) is 0 Å². The summed E-state index contributed by atoms with van der Waals surface area (Å²) in [6, 6.07) is 11.2. The molecular weight excluding hydrogens is 442 g/mol. The zero-order chi connectivity index (χ0) is 23.6. The lowest BCUT2D eigenvalue weighted by Gasteiger charge is -2.39. The van der Waals surface area contributed by atoms with Gasteiger partial charge in [0.25, 0.3) is 0 Å². The molecule has 2 aromatic rings. The van der Waals surface area contributed by atoms with Gasteiger partial charge in [-0.15, -0.1) is 0 Å². The summed E-state index contributed by atoms with van der Waals surface area (Å²) in [6.45, 7) is 4.51. The first kappa shape index (κ1) is 23.7. The van der Waals surface area contributed by atoms with Crippen molar-refractivity contribution in [2.45, 2.75) is 45.1 Å². The number of nitrogens with zero attached hydrogens (tertiary/aromatic N) is 3. The Bertz CT molecular complexity index is 1090. The summed E-state index contributed by atoms with van der Waals surface area (Å²) >= 11 is 0. The minimum Gasteiger partial charge on any atom is -0.468 e. The van der Waals surface area contributed by atoms with E-state index in [9.17, 15) is 18.3 Å². The molecule has 1 aromatic heterocycles. The van der Waals surface area contributed by atoms with Gasteiger partial charge in [0, 0.05) is 31.6 Å². The van der Waals surface area contributed by atoms with Crippen LogP contribution in [0, 0.1) is 5.92 Å². The number of ketones is 1. The molecule has 4 rings (SSSR count). The Morgan fingerprint density at radius 3 is 2.73 bits per heavy atom. The molecule has 1 saturated heterocycles. The van der Waals surface area contributed by atoms with Crippen molar-refractivity contribution in [3.8, 4) is 5.88 Å². The second-order valence-corrected chi connectivity index (χ2v) is 10.9. The Morgan fingerprint density at radius 2 is 2.03 bits per heavy atom. The van der Waals surface area contributed by atoms with Crippen LogP contribution in [0.25, 0.3) is 0 Å². The average Bonchev–Trinajstić information content (AvgIpc) is 2.83. The maximum Gasteiger partial charge on any atom is 0.304 e. The van der Waals surface area contributed by atoms with Crippen molar-refractivity contribution in [1.82, 2.24) is 9.29 Å². The van der Waals surface area contributed by atoms with Crippen LogP contribution in [0.15, 0.2) is 42.6 Å². The van der Waals surface area contributed by atoms with Gasteiger partial charge >= 0.3 is 10.2 Å². The van der Waals surface area contributed by atoms with Crippen molar-refractivity contribution in [3.63, 3.8) is 0 Å². The molecule has 2 aliphatic heterocycles. The maximum atomic E-state index is 13.6. The summed E-state index contributed by atoms with van der Waals surface area (Å²) in [6.07, 6.45) is 2.78. The summed E-state index contributed by atoms with van der Waals surface area (Å²) in [4.78, 5) is 17.2. The fraction of sp³-hybridized carbons (Fsp3) is 0.500. The minimum absolute atomic E-state index is 0.00376. The van der Waals surface area contributed by atoms with Crippen molar-refractivity contribution in [2.24, 2.45) is 5.92 Å². The smallest absolute Gasteiger partial charge is 0.304 e. The number of aromatic nitrogens is 1. The molecule has 0 saturated carbocycles. The Labute approximate surface area is 195 Å². The predicted octanol–water partition coefficient (Wildman–Crippen LogP) is 2.53. The quantitative estimate of drug-likeness (QED) is 0.663. The summed E-state index contributed by atoms with van der Waals surface area (Å²) < 4.78 is 35.6. The number of Topliss-reactive ketones (excluding diaryl/α,β-unsaturated/α-hetero) is 1. The number of aliphatic hydroxyl groups excluding tert-OH is 1. The zero-order valence-electron chi connectivity index (χ0n) is 19.1. The monoisotopic (exact) mass is 473 g/mol. The molecule has 0 spiro atoms. The molecule has 0 unspecified atom stereocenters. The summed E-state index contributed by atoms with van der Waals surface area (Å²) in [5, 5.41) is 9.66. The van der Waals surface area contributed by atoms with E-state index < -0.39 is 16.3 Å². The van der Waals surface area contributed by atoms with Gasteiger partial charge in [0.15, 0.2) is 0 Å². The number of hydrogen-bond acceptors (Lipinski definition) is 6. The normalized spacial score (nSPS) is 22.3. The van der Waals surface area contributed by atoms with Gasteiger partial charge in [-0.25, -0.2) is 9.29 Å². The maximum absolute atomic E-state index is 13.6. The van der Waals surface area contributed by atoms with Gasteiger partial charge in [0.2, 0.25) is 5.88 Å². The van der Waals surface area contributed by atoms with Crippen LogP contribution in [0.4, 0.5) is 5.69 Å². The third-order valence-corrected chi connectivity index (χ3v) is 8.28. The van der Waals surface area contributed by atoms with Crippen LogP contribution < -0.4 is 9.04 Å². The highest BCUT2D eigenvalue weighted by Crippen LogP contribution is 2.36. The number of benzene rings is 1. The number of carbonyl (C=O) groups is 1. The highest BCUT2D eigenvalue weighted by atomic mass is 32.2. The lowest BCUT2D eigenvalue weighted by molar-refractivity contribution is -0.119. The molecule has 0 bridgehead atoms. The molecule has 1 fully saturated rings. The van der Waals surface area contributed by atoms with E-state index in [4.69, 9.17) is 4.74 Å². The summed E-state index contributed by atoms with van der Waals surface area (Å²) in [7, 11) is -3.83. The van der Waals surface area contributed by atoms with E-state index in [1.54, 1.807) is 12.3 Å². The Balaban J connectivity index is 1.61. The lowest BCUT2D eigenvalue weighted by Crippen LogP contribution is -2.53. The van der Waals surface area contributed by atoms with Crippen LogP contribution in [0.1, 0.15) is 43.7 Å². The van der Waals surface area contributed by atoms with E-state index in [-0.39, 0.29) is 43.1 Å². The standard InChI is InChI=1S/C24H31N3O5S/c1-17-7-6-10-26(14-17)33(30,31)27-15-21(16-28)32-24-22(27)11-19(13-25-24)12-23(29)18(2)20-8-4-3-5-9-20/h3-5,8-9,11,13,17-18,21,28H,6-7,10,12,14-16H2,1-2H3/t17-,18-,21+/m0/s1. The number of rotatable bonds is 7. The highest BCUT2D eigenvalue weighted by molar-refractivity contribution is 7.90. The fourth-order valence-electron chi connectivity index (χ4n) is 4.42. The van der Waals surface area contributed by atoms with Crippen LogP contribution in [-0.2, 0) is 21.4 Å². The van der Waals surface area contributed by atoms with Crippen LogP contribution in [0.5, 0.6) is 5.88 Å². The van der Waals surface area contributed by atoms with Crippen LogP contribution in [-0.4, -0.2) is 60.9 Å². The average molecular weight is 474 g/mol. The number of piperidine rings is 1. The van der Waals surface area contributed by atoms with Crippen molar-refractivity contribution >= 4 is 21.7 Å². The third-order valence-electron chi connectivity index (χ3n) is 6.39. The minimum atomic E-state index is -3.83. The van der Waals surface area contributed by atoms with E-state index in [0.29, 0.717) is 24.3 Å². The molecule has 9 heteroatoms. The van der Waals surface area contributed by atoms with E-state index in [1.165, 1.54) is 8.61 Å². The second-order valence-electron chi connectivity index (χ2n) is 9.01. The molecule has 178 valence electrons. The van der Waals surface area contributed by atoms with Gasteiger partial charge in [-0.05, 0) is 36.0 Å². The number of hydrogen-bond donors (Lipinski definition) is 1. The fourth-order valence-corrected chi connectivity index (χ4v) is 6.23. The van der Waals surface area contributed by atoms with Crippen molar-refractivity contribution < 1.29 is 23.1 Å². The summed E-state index contributed by atoms with van der Waals surface area (Å²) in [5.41, 5.74) is 1.88. The predicted molar refractivity (Wildman–Crippen MR) is 126 cm³/mol. The number of anilines is 1. The first-order valence-corrected chi connectivity index (χ1v) is 12.8. The van der Waals surface area contributed by atoms with Crippen molar-refractivity contribution in [2.75, 3.05) is 30.5 Å². The number of aliphatic hydroxyl groups is 1. The molecule has 0 aliphatic carbocycles. The van der Waals surface area contributed by atoms with E-state index in [1.807, 2.05) is 44.2 Å². The van der Waals surface area contributed by atoms with E-state index in [0.717, 1.165) is 18.4 Å². The summed E-state index contributed by atoms with van der Waals surface area (Å²) in [5.74, 6) is 0.171. The molecule has 33 heavy (non-hydrogen) atoms. The van der Waals surface area contributed by atoms with E-state index in [2.05, 4.69) is 4.98 Å². The third kappa shape index (κ3) is 5.05. The first-order chi connectivity index (χ1) is 15.8. The van der Waals surface area contributed by atoms with Gasteiger partial charge in [-0.2, -0.15) is 12.7 Å². The highest BCUT2D eigenvalue weighted by Gasteiger charge is 2.39. The molecule has 0 amide bonds. The molecule has 1 aromatic carbocycles. The van der Waals surface area contributed by atoms with Crippen LogP contribution >= 0.6 is 0 Å². The largest absolute Gasteiger partial charge is 0.468 e. The van der Waals surface area contributed by atoms with Gasteiger partial charge in [-0.3, -0.25) is 4.79 Å². The second kappa shape index (κ2) is 9.79. The SMILES string of the molecule is C[C@H]1CCCN(S(=O)(=O)N2C[C@H](CO)Oc3ncc(CC(=O)[C@@H](C)c4ccccc4)cc32)C1. The molecule has 3 heterocycles. The molecule has 3 atom stereocenters. The number of ether oxygens (including phenoxy) is 1. The molecule has 0 radical (unpaired) electrons. The Kier molecular flexibility index (Phi) is 7.02. The zero-order valence-corrected chi connectivity index (χ0v) is 19.9. The van der Waals surface area contributed by atoms with Gasteiger partial charge in [0.05, 0.1) is 13.2 Å². The van der Waals surface area contributed by atoms with Crippen molar-refractivity contribution in [1.29, 1.82) is 0 Å². The number of pyridine rings is 1. The lowest BCUT2D eigenvalue weighted by atomic mass is 9.93. The molecule has 2 aliphatic rings. The van der Waals surface area contributed by atoms with Crippen molar-refractivity contribution in [3.05, 3.63) is 53.7 Å². The Hall–Kier alpha value is -2.49. The molecular formula is C24H31N3O5S. The number of carbonyl (C=O) groups excluding carboxylic acids is 1.